The zero-order valence-electron chi connectivity index (χ0n) is 39.3. The fourth-order valence-electron chi connectivity index (χ4n) is 8.55. The predicted molar refractivity (Wildman–Crippen MR) is 267 cm³/mol. The van der Waals surface area contributed by atoms with Crippen LogP contribution in [-0.4, -0.2) is 78.6 Å². The Hall–Kier alpha value is -7.04. The second-order valence-electron chi connectivity index (χ2n) is 17.1. The van der Waals surface area contributed by atoms with E-state index >= 15 is 0 Å². The molecule has 12 nitrogen and oxygen atoms in total. The number of aryl methyl sites for hydroxylation is 4. The fourth-order valence-corrected chi connectivity index (χ4v) is 9.78. The first-order valence-electron chi connectivity index (χ1n) is 22.1. The summed E-state index contributed by atoms with van der Waals surface area (Å²) in [6.45, 7) is 7.66. The predicted octanol–water partition coefficient (Wildman–Crippen LogP) is 9.28. The average Bonchev–Trinajstić information content (AvgIpc) is 3.78. The first kappa shape index (κ1) is 49.9. The van der Waals surface area contributed by atoms with Crippen molar-refractivity contribution in [3.63, 3.8) is 0 Å². The van der Waals surface area contributed by atoms with Crippen molar-refractivity contribution in [1.82, 2.24) is 19.1 Å². The molecular weight excluding hydrogens is 923 g/mol. The Morgan fingerprint density at radius 1 is 0.638 bits per heavy atom. The van der Waals surface area contributed by atoms with E-state index in [-0.39, 0.29) is 35.6 Å². The molecule has 358 valence electrons. The third kappa shape index (κ3) is 11.0. The van der Waals surface area contributed by atoms with Gasteiger partial charge in [0, 0.05) is 79.1 Å². The van der Waals surface area contributed by atoms with Crippen LogP contribution in [0.15, 0.2) is 114 Å². The van der Waals surface area contributed by atoms with Crippen LogP contribution in [0.4, 0.5) is 8.78 Å². The summed E-state index contributed by atoms with van der Waals surface area (Å²) < 4.78 is 86.5. The molecule has 0 unspecified atom stereocenters. The molecule has 0 bridgehead atoms. The number of carbonyl (C=O) groups is 2. The number of ketones is 2. The summed E-state index contributed by atoms with van der Waals surface area (Å²) in [5.74, 6) is -3.14. The third-order valence-corrected chi connectivity index (χ3v) is 13.3. The molecule has 0 saturated heterocycles. The summed E-state index contributed by atoms with van der Waals surface area (Å²) in [7, 11) is -5.78. The van der Waals surface area contributed by atoms with Crippen molar-refractivity contribution in [1.29, 1.82) is 0 Å². The number of nitrogens with zero attached hydrogens (tertiary/aromatic N) is 3. The maximum absolute atomic E-state index is 14.7. The van der Waals surface area contributed by atoms with E-state index < -0.39 is 54.4 Å². The van der Waals surface area contributed by atoms with E-state index in [2.05, 4.69) is 9.97 Å². The van der Waals surface area contributed by atoms with Gasteiger partial charge in [-0.25, -0.2) is 30.6 Å². The van der Waals surface area contributed by atoms with Gasteiger partial charge < -0.3 is 18.9 Å². The van der Waals surface area contributed by atoms with Gasteiger partial charge in [-0.05, 0) is 98.5 Å². The molecule has 0 fully saturated rings. The number of H-pyrrole nitrogens is 1. The van der Waals surface area contributed by atoms with E-state index in [4.69, 9.17) is 4.74 Å². The minimum absolute atomic E-state index is 0.00322. The van der Waals surface area contributed by atoms with Gasteiger partial charge in [0.1, 0.15) is 23.1 Å². The number of rotatable bonds is 15. The number of ether oxygens (including phenoxy) is 1. The third-order valence-electron chi connectivity index (χ3n) is 11.7. The Morgan fingerprint density at radius 3 is 1.51 bits per heavy atom. The second-order valence-corrected chi connectivity index (χ2v) is 21.4. The molecule has 0 aliphatic rings. The molecule has 0 saturated carbocycles. The molecule has 0 amide bonds. The van der Waals surface area contributed by atoms with E-state index in [1.54, 1.807) is 64.6 Å². The molecule has 4 aromatic carbocycles. The highest BCUT2D eigenvalue weighted by molar-refractivity contribution is 7.91. The lowest BCUT2D eigenvalue weighted by molar-refractivity contribution is 0.100. The molecule has 8 rings (SSSR count). The molecule has 0 radical (unpaired) electrons. The number of pyridine rings is 2. The van der Waals surface area contributed by atoms with Gasteiger partial charge >= 0.3 is 0 Å². The van der Waals surface area contributed by atoms with Crippen LogP contribution in [0.25, 0.3) is 44.1 Å². The maximum Gasteiger partial charge on any atom is 0.256 e. The van der Waals surface area contributed by atoms with E-state index in [0.717, 1.165) is 47.6 Å². The summed E-state index contributed by atoms with van der Waals surface area (Å²) in [4.78, 5) is 47.2. The molecule has 16 heteroatoms. The van der Waals surface area contributed by atoms with Gasteiger partial charge in [0.15, 0.2) is 31.2 Å². The van der Waals surface area contributed by atoms with Gasteiger partial charge in [0.25, 0.3) is 5.56 Å². The number of sulfone groups is 2. The number of halogens is 2. The molecule has 0 aliphatic heterocycles. The van der Waals surface area contributed by atoms with Crippen LogP contribution in [0.3, 0.4) is 0 Å². The lowest BCUT2D eigenvalue weighted by Gasteiger charge is -2.14. The van der Waals surface area contributed by atoms with Gasteiger partial charge in [-0.15, -0.1) is 0 Å². The van der Waals surface area contributed by atoms with Crippen LogP contribution in [0, 0.1) is 25.5 Å². The van der Waals surface area contributed by atoms with Crippen LogP contribution >= 0.6 is 0 Å². The zero-order chi connectivity index (χ0) is 49.9. The van der Waals surface area contributed by atoms with E-state index in [0.29, 0.717) is 55.8 Å². The quantitative estimate of drug-likeness (QED) is 0.0985. The molecular formula is C53H52F2N4O8S2. The van der Waals surface area contributed by atoms with Crippen LogP contribution in [-0.2, 0) is 45.6 Å². The molecule has 8 aromatic rings. The largest absolute Gasteiger partial charge is 0.481 e. The molecule has 4 aromatic heterocycles. The smallest absolute Gasteiger partial charge is 0.256 e. The SMILES string of the molecule is CCc1ccc2c(c1)c(-c1ccc(C)[nH]c1=O)c(C(=O)CS(C)(=O)=O)n2Cc1ccccc1F.CCc1ccc2c(c1)c(-c1ccc(C)nc1OC)c(C(=O)CS(C)(=O)=O)n2Cc1ccccc1F. The summed E-state index contributed by atoms with van der Waals surface area (Å²) >= 11 is 0. The van der Waals surface area contributed by atoms with Gasteiger partial charge in [-0.3, -0.25) is 14.4 Å². The van der Waals surface area contributed by atoms with E-state index in [1.807, 2.05) is 69.3 Å². The van der Waals surface area contributed by atoms with Gasteiger partial charge in [0.2, 0.25) is 5.88 Å². The highest BCUT2D eigenvalue weighted by atomic mass is 32.2. The first-order chi connectivity index (χ1) is 32.7. The number of benzene rings is 4. The van der Waals surface area contributed by atoms with Gasteiger partial charge in [0.05, 0.1) is 31.6 Å². The number of methoxy groups -OCH3 is 1. The van der Waals surface area contributed by atoms with Crippen LogP contribution in [0.5, 0.6) is 5.88 Å². The van der Waals surface area contributed by atoms with Crippen molar-refractivity contribution >= 4 is 53.0 Å². The second kappa shape index (κ2) is 20.3. The Labute approximate surface area is 399 Å². The zero-order valence-corrected chi connectivity index (χ0v) is 40.9. The number of hydrogen-bond acceptors (Lipinski definition) is 9. The Balaban J connectivity index is 0.000000204. The van der Waals surface area contributed by atoms with Crippen molar-refractivity contribution in [2.24, 2.45) is 0 Å². The number of aromatic nitrogens is 4. The monoisotopic (exact) mass is 974 g/mol. The summed E-state index contributed by atoms with van der Waals surface area (Å²) in [6, 6.07) is 31.0. The van der Waals surface area contributed by atoms with E-state index in [1.165, 1.54) is 19.2 Å². The number of aromatic amines is 1. The van der Waals surface area contributed by atoms with Gasteiger partial charge in [-0.1, -0.05) is 62.4 Å². The van der Waals surface area contributed by atoms with Crippen molar-refractivity contribution in [3.8, 4) is 28.1 Å². The molecule has 4 heterocycles. The van der Waals surface area contributed by atoms with Crippen molar-refractivity contribution in [3.05, 3.63) is 176 Å². The van der Waals surface area contributed by atoms with Gasteiger partial charge in [-0.2, -0.15) is 0 Å². The van der Waals surface area contributed by atoms with E-state index in [9.17, 15) is 40.0 Å². The van der Waals surface area contributed by atoms with Crippen LogP contribution < -0.4 is 10.3 Å². The number of fused-ring (bicyclic) bond motifs is 2. The standard InChI is InChI=1S/C27H27FN2O4S.C26H25FN2O4S/c1-5-18-11-13-23-21(14-18)25(20-12-10-17(2)29-27(20)34-3)26(24(31)16-35(4,32)33)30(23)15-19-8-6-7-9-22(19)28;1-4-17-10-12-22-20(13-17)24(19-11-9-16(2)28-26(19)31)25(23(30)15-34(3,32)33)29(22)14-18-7-5-6-8-21(18)27/h6-14H,5,15-16H2,1-4H3;5-13H,4,14-15H2,1-3H3,(H,28,31). The van der Waals surface area contributed by atoms with Crippen LogP contribution in [0.1, 0.15) is 68.5 Å². The van der Waals surface area contributed by atoms with Crippen molar-refractivity contribution < 1.29 is 39.9 Å². The molecule has 0 atom stereocenters. The highest BCUT2D eigenvalue weighted by Gasteiger charge is 2.30. The average molecular weight is 975 g/mol. The molecule has 1 N–H and O–H groups in total. The molecule has 0 aliphatic carbocycles. The lowest BCUT2D eigenvalue weighted by atomic mass is 9.99. The number of carbonyl (C=O) groups excluding carboxylic acids is 2. The summed E-state index contributed by atoms with van der Waals surface area (Å²) in [5.41, 5.74) is 7.06. The first-order valence-corrected chi connectivity index (χ1v) is 26.2. The van der Waals surface area contributed by atoms with Crippen molar-refractivity contribution in [2.45, 2.75) is 53.6 Å². The van der Waals surface area contributed by atoms with Crippen LogP contribution in [0.2, 0.25) is 0 Å². The Bertz CT molecular complexity index is 3590. The maximum atomic E-state index is 14.7. The number of nitrogens with one attached hydrogen (secondary N) is 1. The number of hydrogen-bond donors (Lipinski definition) is 1. The minimum atomic E-state index is -3.66. The van der Waals surface area contributed by atoms with Crippen molar-refractivity contribution in [2.75, 3.05) is 31.1 Å². The number of Topliss-reactive ketones (excluding diaryl/α,β-unsaturated/α-hetero) is 2. The topological polar surface area (TPSA) is 167 Å². The highest BCUT2D eigenvalue weighted by Crippen LogP contribution is 2.41. The molecule has 69 heavy (non-hydrogen) atoms. The fraction of sp³-hybridized carbons (Fsp3) is 0.245. The summed E-state index contributed by atoms with van der Waals surface area (Å²) in [5, 5.41) is 1.39. The normalized spacial score (nSPS) is 11.7. The Kier molecular flexibility index (Phi) is 14.7. The minimum Gasteiger partial charge on any atom is -0.481 e. The molecule has 0 spiro atoms. The Morgan fingerprint density at radius 2 is 1.09 bits per heavy atom. The lowest BCUT2D eigenvalue weighted by Crippen LogP contribution is -2.21. The summed E-state index contributed by atoms with van der Waals surface area (Å²) in [6.07, 6.45) is 3.51.